The molecule has 0 spiro atoms. The number of hydrazone groups is 1. The van der Waals surface area contributed by atoms with Crippen LogP contribution in [0.2, 0.25) is 5.02 Å². The van der Waals surface area contributed by atoms with E-state index in [9.17, 15) is 13.2 Å². The molecule has 0 radical (unpaired) electrons. The number of nitrogens with zero attached hydrogens (tertiary/aromatic N) is 1. The summed E-state index contributed by atoms with van der Waals surface area (Å²) in [6.45, 7) is 1.92. The largest absolute Gasteiger partial charge is 0.358 e. The number of hydrogen-bond acceptors (Lipinski definition) is 4. The first-order valence-electron chi connectivity index (χ1n) is 9.63. The summed E-state index contributed by atoms with van der Waals surface area (Å²) < 4.78 is 27.8. The van der Waals surface area contributed by atoms with Gasteiger partial charge in [-0.3, -0.25) is 9.52 Å². The number of anilines is 1. The average molecular weight is 467 g/mol. The highest BCUT2D eigenvalue weighted by atomic mass is 35.5. The fraction of sp³-hybridized carbons (Fsp3) is 0.0435. The van der Waals surface area contributed by atoms with Gasteiger partial charge in [-0.2, -0.15) is 5.10 Å². The van der Waals surface area contributed by atoms with Gasteiger partial charge >= 0.3 is 0 Å². The van der Waals surface area contributed by atoms with Crippen molar-refractivity contribution < 1.29 is 13.2 Å². The minimum absolute atomic E-state index is 0.0449. The van der Waals surface area contributed by atoms with Gasteiger partial charge in [0.1, 0.15) is 0 Å². The van der Waals surface area contributed by atoms with Crippen LogP contribution in [-0.2, 0) is 10.0 Å². The summed E-state index contributed by atoms with van der Waals surface area (Å²) in [7, 11) is -3.88. The molecule has 7 nitrogen and oxygen atoms in total. The number of carbonyl (C=O) groups excluding carboxylic acids is 1. The summed E-state index contributed by atoms with van der Waals surface area (Å²) in [5, 5.41) is 5.53. The zero-order valence-corrected chi connectivity index (χ0v) is 18.5. The maximum Gasteiger partial charge on any atom is 0.271 e. The smallest absolute Gasteiger partial charge is 0.271 e. The second-order valence-corrected chi connectivity index (χ2v) is 9.17. The quantitative estimate of drug-likeness (QED) is 0.283. The van der Waals surface area contributed by atoms with Crippen LogP contribution in [0, 0.1) is 6.92 Å². The van der Waals surface area contributed by atoms with Crippen molar-refractivity contribution in [3.8, 4) is 0 Å². The van der Waals surface area contributed by atoms with Crippen LogP contribution in [0.5, 0.6) is 0 Å². The summed E-state index contributed by atoms with van der Waals surface area (Å²) in [4.78, 5) is 15.7. The fourth-order valence-corrected chi connectivity index (χ4v) is 4.45. The maximum atomic E-state index is 12.7. The molecule has 1 amide bonds. The van der Waals surface area contributed by atoms with Gasteiger partial charge in [0.05, 0.1) is 11.1 Å². The first kappa shape index (κ1) is 21.6. The van der Waals surface area contributed by atoms with Crippen molar-refractivity contribution in [2.75, 3.05) is 4.72 Å². The number of hydrogen-bond donors (Lipinski definition) is 3. The molecule has 4 rings (SSSR count). The van der Waals surface area contributed by atoms with Crippen molar-refractivity contribution in [3.63, 3.8) is 0 Å². The number of aromatic amines is 1. The minimum atomic E-state index is -3.88. The first-order chi connectivity index (χ1) is 15.3. The lowest BCUT2D eigenvalue weighted by atomic mass is 10.1. The Bertz CT molecular complexity index is 1430. The normalized spacial score (nSPS) is 11.7. The Hall–Kier alpha value is -3.62. The number of nitrogens with one attached hydrogen (secondary N) is 3. The highest BCUT2D eigenvalue weighted by Crippen LogP contribution is 2.21. The van der Waals surface area contributed by atoms with Gasteiger partial charge in [-0.25, -0.2) is 13.8 Å². The van der Waals surface area contributed by atoms with Gasteiger partial charge in [-0.15, -0.1) is 0 Å². The van der Waals surface area contributed by atoms with E-state index in [1.807, 2.05) is 31.2 Å². The molecule has 3 aromatic carbocycles. The Kier molecular flexibility index (Phi) is 5.98. The highest BCUT2D eigenvalue weighted by Gasteiger charge is 2.16. The number of sulfonamides is 1. The number of rotatable bonds is 6. The van der Waals surface area contributed by atoms with Crippen molar-refractivity contribution >= 4 is 50.3 Å². The number of para-hydroxylation sites is 1. The standard InChI is InChI=1S/C23H19ClN4O3S/c1-15-21(20-7-2-3-8-22(20)26-15)14-25-27-23(29)16-5-4-6-19(13-16)32(30,31)28-18-11-9-17(24)10-12-18/h2-14,26,28H,1H3,(H,27,29). The SMILES string of the molecule is Cc1[nH]c2ccccc2c1C=NNC(=O)c1cccc(S(=O)(=O)Nc2ccc(Cl)cc2)c1. The van der Waals surface area contributed by atoms with Crippen LogP contribution in [-0.4, -0.2) is 25.5 Å². The van der Waals surface area contributed by atoms with E-state index in [2.05, 4.69) is 20.2 Å². The number of halogens is 1. The molecular formula is C23H19ClN4O3S. The Balaban J connectivity index is 1.50. The summed E-state index contributed by atoms with van der Waals surface area (Å²) in [6.07, 6.45) is 1.56. The Morgan fingerprint density at radius 3 is 2.56 bits per heavy atom. The Labute approximate surface area is 190 Å². The molecule has 1 aromatic heterocycles. The third-order valence-electron chi connectivity index (χ3n) is 4.81. The molecule has 4 aromatic rings. The highest BCUT2D eigenvalue weighted by molar-refractivity contribution is 7.92. The van der Waals surface area contributed by atoms with Crippen molar-refractivity contribution in [3.05, 3.63) is 94.6 Å². The van der Waals surface area contributed by atoms with Gasteiger partial charge in [0, 0.05) is 38.4 Å². The molecule has 0 aliphatic rings. The van der Waals surface area contributed by atoms with Crippen molar-refractivity contribution in [2.24, 2.45) is 5.10 Å². The van der Waals surface area contributed by atoms with Gasteiger partial charge in [-0.1, -0.05) is 35.9 Å². The topological polar surface area (TPSA) is 103 Å². The lowest BCUT2D eigenvalue weighted by Gasteiger charge is -2.09. The number of aromatic nitrogens is 1. The molecule has 0 fully saturated rings. The van der Waals surface area contributed by atoms with Crippen molar-refractivity contribution in [2.45, 2.75) is 11.8 Å². The number of fused-ring (bicyclic) bond motifs is 1. The van der Waals surface area contributed by atoms with Crippen LogP contribution >= 0.6 is 11.6 Å². The minimum Gasteiger partial charge on any atom is -0.358 e. The molecule has 0 saturated heterocycles. The molecular weight excluding hydrogens is 448 g/mol. The zero-order chi connectivity index (χ0) is 22.7. The van der Waals surface area contributed by atoms with E-state index >= 15 is 0 Å². The molecule has 32 heavy (non-hydrogen) atoms. The van der Waals surface area contributed by atoms with Gasteiger partial charge < -0.3 is 4.98 Å². The van der Waals surface area contributed by atoms with Crippen molar-refractivity contribution in [1.82, 2.24) is 10.4 Å². The molecule has 3 N–H and O–H groups in total. The molecule has 162 valence electrons. The predicted octanol–water partition coefficient (Wildman–Crippen LogP) is 4.69. The van der Waals surface area contributed by atoms with Crippen LogP contribution in [0.4, 0.5) is 5.69 Å². The lowest BCUT2D eigenvalue weighted by molar-refractivity contribution is 0.0955. The number of amides is 1. The Morgan fingerprint density at radius 2 is 1.78 bits per heavy atom. The van der Waals surface area contributed by atoms with Gasteiger partial charge in [0.2, 0.25) is 0 Å². The van der Waals surface area contributed by atoms with E-state index in [0.29, 0.717) is 10.7 Å². The van der Waals surface area contributed by atoms with Crippen LogP contribution in [0.15, 0.2) is 82.8 Å². The number of carbonyl (C=O) groups is 1. The molecule has 0 aliphatic heterocycles. The summed E-state index contributed by atoms with van der Waals surface area (Å²) in [6, 6.07) is 19.8. The van der Waals surface area contributed by atoms with Crippen LogP contribution < -0.4 is 10.1 Å². The molecule has 0 unspecified atom stereocenters. The first-order valence-corrected chi connectivity index (χ1v) is 11.5. The molecule has 0 aliphatic carbocycles. The average Bonchev–Trinajstić information content (AvgIpc) is 3.10. The summed E-state index contributed by atoms with van der Waals surface area (Å²) in [5.74, 6) is -0.526. The lowest BCUT2D eigenvalue weighted by Crippen LogP contribution is -2.19. The third-order valence-corrected chi connectivity index (χ3v) is 6.44. The Morgan fingerprint density at radius 1 is 1.03 bits per heavy atom. The fourth-order valence-electron chi connectivity index (χ4n) is 3.22. The van der Waals surface area contributed by atoms with Gasteiger partial charge in [-0.05, 0) is 55.5 Å². The van der Waals surface area contributed by atoms with Crippen molar-refractivity contribution in [1.29, 1.82) is 0 Å². The van der Waals surface area contributed by atoms with E-state index in [1.165, 1.54) is 24.3 Å². The van der Waals surface area contributed by atoms with E-state index in [4.69, 9.17) is 11.6 Å². The van der Waals surface area contributed by atoms with Crippen LogP contribution in [0.3, 0.4) is 0 Å². The maximum absolute atomic E-state index is 12.7. The number of benzene rings is 3. The van der Waals surface area contributed by atoms with E-state index < -0.39 is 15.9 Å². The molecule has 1 heterocycles. The van der Waals surface area contributed by atoms with Gasteiger partial charge in [0.25, 0.3) is 15.9 Å². The molecule has 0 bridgehead atoms. The number of H-pyrrole nitrogens is 1. The molecule has 0 saturated carbocycles. The van der Waals surface area contributed by atoms with E-state index in [0.717, 1.165) is 22.2 Å². The van der Waals surface area contributed by atoms with E-state index in [1.54, 1.807) is 30.5 Å². The van der Waals surface area contributed by atoms with Gasteiger partial charge in [0.15, 0.2) is 0 Å². The predicted molar refractivity (Wildman–Crippen MR) is 127 cm³/mol. The molecule has 0 atom stereocenters. The monoisotopic (exact) mass is 466 g/mol. The number of aryl methyl sites for hydroxylation is 1. The summed E-state index contributed by atoms with van der Waals surface area (Å²) in [5.41, 5.74) is 5.74. The second-order valence-electron chi connectivity index (χ2n) is 7.05. The summed E-state index contributed by atoms with van der Waals surface area (Å²) >= 11 is 5.83. The van der Waals surface area contributed by atoms with Crippen LogP contribution in [0.25, 0.3) is 10.9 Å². The third kappa shape index (κ3) is 4.66. The molecule has 9 heteroatoms. The van der Waals surface area contributed by atoms with Crippen LogP contribution in [0.1, 0.15) is 21.6 Å². The second kappa shape index (κ2) is 8.86. The van der Waals surface area contributed by atoms with E-state index in [-0.39, 0.29) is 10.5 Å². The zero-order valence-electron chi connectivity index (χ0n) is 17.0.